The molecule has 142 valence electrons. The zero-order valence-electron chi connectivity index (χ0n) is 15.2. The zero-order valence-corrected chi connectivity index (χ0v) is 16.0. The minimum atomic E-state index is -0.364. The Morgan fingerprint density at radius 1 is 1.11 bits per heavy atom. The fraction of sp³-hybridized carbons (Fsp3) is 0.316. The molecule has 27 heavy (non-hydrogen) atoms. The molecule has 7 nitrogen and oxygen atoms in total. The molecule has 1 saturated heterocycles. The molecule has 0 bridgehead atoms. The number of piperazine rings is 1. The van der Waals surface area contributed by atoms with Crippen molar-refractivity contribution in [2.24, 2.45) is 0 Å². The van der Waals surface area contributed by atoms with Crippen molar-refractivity contribution in [3.8, 4) is 5.75 Å². The second kappa shape index (κ2) is 8.37. The molecule has 2 heterocycles. The summed E-state index contributed by atoms with van der Waals surface area (Å²) in [5, 5.41) is 3.15. The van der Waals surface area contributed by atoms with Crippen LogP contribution in [0.1, 0.15) is 20.7 Å². The number of benzene rings is 1. The summed E-state index contributed by atoms with van der Waals surface area (Å²) >= 11 is 6.08. The van der Waals surface area contributed by atoms with Gasteiger partial charge in [-0.2, -0.15) is 0 Å². The predicted molar refractivity (Wildman–Crippen MR) is 104 cm³/mol. The van der Waals surface area contributed by atoms with E-state index in [1.54, 1.807) is 29.2 Å². The fourth-order valence-corrected chi connectivity index (χ4v) is 3.08. The van der Waals surface area contributed by atoms with Crippen LogP contribution in [0, 0.1) is 0 Å². The molecule has 1 N–H and O–H groups in total. The topological polar surface area (TPSA) is 74.8 Å². The van der Waals surface area contributed by atoms with Crippen LogP contribution in [-0.2, 0) is 0 Å². The van der Waals surface area contributed by atoms with Gasteiger partial charge in [0.2, 0.25) is 0 Å². The molecule has 1 aliphatic rings. The molecule has 2 amide bonds. The Labute approximate surface area is 162 Å². The van der Waals surface area contributed by atoms with Gasteiger partial charge in [-0.3, -0.25) is 14.6 Å². The number of hydrogen-bond donors (Lipinski definition) is 1. The van der Waals surface area contributed by atoms with Crippen LogP contribution in [0.25, 0.3) is 0 Å². The van der Waals surface area contributed by atoms with Gasteiger partial charge in [0.1, 0.15) is 5.75 Å². The van der Waals surface area contributed by atoms with E-state index in [9.17, 15) is 9.59 Å². The Hall–Kier alpha value is -2.64. The number of halogens is 1. The highest BCUT2D eigenvalue weighted by molar-refractivity contribution is 6.32. The highest BCUT2D eigenvalue weighted by Crippen LogP contribution is 2.27. The fourth-order valence-electron chi connectivity index (χ4n) is 2.82. The van der Waals surface area contributed by atoms with Crippen LogP contribution in [0.5, 0.6) is 5.75 Å². The molecule has 2 aromatic rings. The van der Waals surface area contributed by atoms with E-state index in [-0.39, 0.29) is 11.8 Å². The lowest BCUT2D eigenvalue weighted by Crippen LogP contribution is -2.47. The lowest BCUT2D eigenvalue weighted by Gasteiger charge is -2.32. The molecule has 1 aliphatic heterocycles. The van der Waals surface area contributed by atoms with Gasteiger partial charge < -0.3 is 19.9 Å². The summed E-state index contributed by atoms with van der Waals surface area (Å²) < 4.78 is 5.10. The van der Waals surface area contributed by atoms with E-state index in [0.29, 0.717) is 40.7 Å². The van der Waals surface area contributed by atoms with Gasteiger partial charge in [0.25, 0.3) is 11.8 Å². The van der Waals surface area contributed by atoms with Gasteiger partial charge >= 0.3 is 0 Å². The summed E-state index contributed by atoms with van der Waals surface area (Å²) in [6.45, 7) is 2.99. The normalized spacial score (nSPS) is 14.7. The second-order valence-corrected chi connectivity index (χ2v) is 6.77. The van der Waals surface area contributed by atoms with E-state index >= 15 is 0 Å². The van der Waals surface area contributed by atoms with Crippen molar-refractivity contribution in [2.45, 2.75) is 0 Å². The smallest absolute Gasteiger partial charge is 0.257 e. The summed E-state index contributed by atoms with van der Waals surface area (Å²) in [6, 6.07) is 6.53. The van der Waals surface area contributed by atoms with Gasteiger partial charge in [0, 0.05) is 44.3 Å². The van der Waals surface area contributed by atoms with Gasteiger partial charge in [-0.25, -0.2) is 0 Å². The maximum atomic E-state index is 12.7. The third-order valence-electron chi connectivity index (χ3n) is 4.45. The maximum Gasteiger partial charge on any atom is 0.257 e. The number of rotatable bonds is 4. The van der Waals surface area contributed by atoms with E-state index in [1.165, 1.54) is 19.5 Å². The van der Waals surface area contributed by atoms with Crippen molar-refractivity contribution in [2.75, 3.05) is 45.7 Å². The average Bonchev–Trinajstić information content (AvgIpc) is 2.68. The maximum absolute atomic E-state index is 12.7. The monoisotopic (exact) mass is 388 g/mol. The third-order valence-corrected chi connectivity index (χ3v) is 4.74. The Bertz CT molecular complexity index is 851. The molecule has 8 heteroatoms. The molecule has 1 aromatic carbocycles. The van der Waals surface area contributed by atoms with Crippen molar-refractivity contribution in [1.82, 2.24) is 14.8 Å². The average molecular weight is 389 g/mol. The number of pyridine rings is 1. The van der Waals surface area contributed by atoms with E-state index in [1.807, 2.05) is 7.05 Å². The third kappa shape index (κ3) is 4.56. The Morgan fingerprint density at radius 2 is 1.81 bits per heavy atom. The van der Waals surface area contributed by atoms with Crippen LogP contribution in [0.2, 0.25) is 5.02 Å². The predicted octanol–water partition coefficient (Wildman–Crippen LogP) is 2.38. The van der Waals surface area contributed by atoms with Crippen LogP contribution >= 0.6 is 11.6 Å². The first-order valence-corrected chi connectivity index (χ1v) is 8.93. The molecule has 0 radical (unpaired) electrons. The van der Waals surface area contributed by atoms with Crippen LogP contribution in [-0.4, -0.2) is 66.9 Å². The first-order valence-electron chi connectivity index (χ1n) is 8.55. The highest BCUT2D eigenvalue weighted by atomic mass is 35.5. The quantitative estimate of drug-likeness (QED) is 0.870. The number of likely N-dealkylation sites (N-methyl/N-ethyl adjacent to an activating group) is 1. The largest absolute Gasteiger partial charge is 0.495 e. The van der Waals surface area contributed by atoms with E-state index in [0.717, 1.165) is 13.1 Å². The van der Waals surface area contributed by atoms with Crippen LogP contribution < -0.4 is 10.1 Å². The molecule has 0 unspecified atom stereocenters. The summed E-state index contributed by atoms with van der Waals surface area (Å²) in [4.78, 5) is 33.2. The van der Waals surface area contributed by atoms with Gasteiger partial charge in [-0.05, 0) is 31.3 Å². The SMILES string of the molecule is COc1ccc(NC(=O)c2cncc(C(=O)N3CCN(C)CC3)c2)cc1Cl. The van der Waals surface area contributed by atoms with Crippen LogP contribution in [0.15, 0.2) is 36.7 Å². The zero-order chi connectivity index (χ0) is 19.4. The Morgan fingerprint density at radius 3 is 2.48 bits per heavy atom. The highest BCUT2D eigenvalue weighted by Gasteiger charge is 2.21. The number of carbonyl (C=O) groups excluding carboxylic acids is 2. The number of nitrogens with zero attached hydrogens (tertiary/aromatic N) is 3. The Balaban J connectivity index is 1.72. The number of methoxy groups -OCH3 is 1. The number of nitrogens with one attached hydrogen (secondary N) is 1. The van der Waals surface area contributed by atoms with E-state index in [2.05, 4.69) is 15.2 Å². The lowest BCUT2D eigenvalue weighted by atomic mass is 10.1. The molecule has 0 spiro atoms. The van der Waals surface area contributed by atoms with E-state index < -0.39 is 0 Å². The number of anilines is 1. The van der Waals surface area contributed by atoms with Crippen LogP contribution in [0.4, 0.5) is 5.69 Å². The van der Waals surface area contributed by atoms with Crippen molar-refractivity contribution in [3.63, 3.8) is 0 Å². The summed E-state index contributed by atoms with van der Waals surface area (Å²) in [5.41, 5.74) is 1.24. The van der Waals surface area contributed by atoms with Gasteiger partial charge in [-0.1, -0.05) is 11.6 Å². The number of amides is 2. The summed E-state index contributed by atoms with van der Waals surface area (Å²) in [6.07, 6.45) is 2.92. The molecular formula is C19H21ClN4O3. The first-order chi connectivity index (χ1) is 13.0. The first kappa shape index (κ1) is 19.1. The standard InChI is InChI=1S/C19H21ClN4O3/c1-23-5-7-24(8-6-23)19(26)14-9-13(11-21-12-14)18(25)22-15-3-4-17(27-2)16(20)10-15/h3-4,9-12H,5-8H2,1-2H3,(H,22,25). The number of aromatic nitrogens is 1. The molecule has 1 aromatic heterocycles. The van der Waals surface area contributed by atoms with Crippen molar-refractivity contribution in [3.05, 3.63) is 52.8 Å². The molecule has 0 atom stereocenters. The van der Waals surface area contributed by atoms with Crippen LogP contribution in [0.3, 0.4) is 0 Å². The Kier molecular flexibility index (Phi) is 5.93. The molecule has 0 saturated carbocycles. The van der Waals surface area contributed by atoms with Crippen molar-refractivity contribution >= 4 is 29.1 Å². The van der Waals surface area contributed by atoms with Gasteiger partial charge in [-0.15, -0.1) is 0 Å². The minimum absolute atomic E-state index is 0.113. The molecule has 0 aliphatic carbocycles. The van der Waals surface area contributed by atoms with Crippen molar-refractivity contribution in [1.29, 1.82) is 0 Å². The lowest BCUT2D eigenvalue weighted by molar-refractivity contribution is 0.0663. The second-order valence-electron chi connectivity index (χ2n) is 6.36. The molecule has 1 fully saturated rings. The van der Waals surface area contributed by atoms with Crippen molar-refractivity contribution < 1.29 is 14.3 Å². The molecule has 3 rings (SSSR count). The van der Waals surface area contributed by atoms with E-state index in [4.69, 9.17) is 16.3 Å². The number of ether oxygens (including phenoxy) is 1. The molecular weight excluding hydrogens is 368 g/mol. The summed E-state index contributed by atoms with van der Waals surface area (Å²) in [5.74, 6) is 0.0469. The van der Waals surface area contributed by atoms with Gasteiger partial charge in [0.15, 0.2) is 0 Å². The minimum Gasteiger partial charge on any atom is -0.495 e. The number of hydrogen-bond acceptors (Lipinski definition) is 5. The van der Waals surface area contributed by atoms with Gasteiger partial charge in [0.05, 0.1) is 23.3 Å². The summed E-state index contributed by atoms with van der Waals surface area (Å²) in [7, 11) is 3.55. The number of carbonyl (C=O) groups is 2.